The lowest BCUT2D eigenvalue weighted by molar-refractivity contribution is -0.128. The molecular formula is C12H21N5O3. The Morgan fingerprint density at radius 3 is 2.65 bits per heavy atom. The summed E-state index contributed by atoms with van der Waals surface area (Å²) in [5, 5.41) is 6.25. The molecule has 1 rings (SSSR count). The molecular weight excluding hydrogens is 262 g/mol. The van der Waals surface area contributed by atoms with E-state index in [0.717, 1.165) is 30.6 Å². The average Bonchev–Trinajstić information content (AvgIpc) is 2.60. The van der Waals surface area contributed by atoms with Crippen molar-refractivity contribution in [3.8, 4) is 0 Å². The first-order chi connectivity index (χ1) is 9.43. The van der Waals surface area contributed by atoms with Crippen LogP contribution in [0.5, 0.6) is 0 Å². The number of carbonyl (C=O) groups excluding carboxylic acids is 3. The molecule has 0 aliphatic carbocycles. The second-order valence-electron chi connectivity index (χ2n) is 4.81. The number of urea groups is 2. The summed E-state index contributed by atoms with van der Waals surface area (Å²) in [4.78, 5) is 35.4. The van der Waals surface area contributed by atoms with Gasteiger partial charge in [-0.1, -0.05) is 32.6 Å². The largest absolute Gasteiger partial charge is 0.350 e. The van der Waals surface area contributed by atoms with Gasteiger partial charge < -0.3 is 11.1 Å². The number of hydrazone groups is 1. The van der Waals surface area contributed by atoms with Crippen LogP contribution in [0.4, 0.5) is 9.59 Å². The maximum atomic E-state index is 12.2. The number of unbranched alkanes of at least 4 members (excludes halogenated alkanes) is 3. The Balaban J connectivity index is 2.78. The van der Waals surface area contributed by atoms with Gasteiger partial charge in [0, 0.05) is 7.05 Å². The summed E-state index contributed by atoms with van der Waals surface area (Å²) in [6.45, 7) is 2.09. The van der Waals surface area contributed by atoms with Crippen LogP contribution in [-0.4, -0.2) is 41.7 Å². The van der Waals surface area contributed by atoms with Crippen molar-refractivity contribution >= 4 is 24.2 Å². The van der Waals surface area contributed by atoms with Crippen molar-refractivity contribution in [2.24, 2.45) is 10.8 Å². The predicted octanol–water partition coefficient (Wildman–Crippen LogP) is 0.531. The molecule has 8 heteroatoms. The molecule has 1 atom stereocenters. The molecule has 0 aromatic carbocycles. The Morgan fingerprint density at radius 2 is 2.15 bits per heavy atom. The van der Waals surface area contributed by atoms with Gasteiger partial charge in [-0.25, -0.2) is 15.0 Å². The summed E-state index contributed by atoms with van der Waals surface area (Å²) in [6, 6.07) is -1.30. The first-order valence-corrected chi connectivity index (χ1v) is 6.63. The Kier molecular flexibility index (Phi) is 5.48. The fourth-order valence-corrected chi connectivity index (χ4v) is 2.08. The van der Waals surface area contributed by atoms with Crippen molar-refractivity contribution in [3.63, 3.8) is 0 Å². The molecule has 0 radical (unpaired) electrons. The van der Waals surface area contributed by atoms with E-state index < -0.39 is 17.6 Å². The van der Waals surface area contributed by atoms with E-state index in [2.05, 4.69) is 17.3 Å². The van der Waals surface area contributed by atoms with E-state index in [-0.39, 0.29) is 5.91 Å². The van der Waals surface area contributed by atoms with Gasteiger partial charge in [-0.05, 0) is 6.42 Å². The fraction of sp³-hybridized carbons (Fsp3) is 0.667. The molecule has 0 aromatic heterocycles. The average molecular weight is 283 g/mol. The van der Waals surface area contributed by atoms with Gasteiger partial charge >= 0.3 is 12.1 Å². The third-order valence-corrected chi connectivity index (χ3v) is 3.21. The van der Waals surface area contributed by atoms with Gasteiger partial charge in [0.25, 0.3) is 5.91 Å². The second-order valence-corrected chi connectivity index (χ2v) is 4.81. The van der Waals surface area contributed by atoms with Gasteiger partial charge in [-0.15, -0.1) is 0 Å². The number of primary amides is 1. The lowest BCUT2D eigenvalue weighted by Gasteiger charge is -2.21. The fourth-order valence-electron chi connectivity index (χ4n) is 2.08. The first-order valence-electron chi connectivity index (χ1n) is 6.63. The molecule has 8 nitrogen and oxygen atoms in total. The van der Waals surface area contributed by atoms with Gasteiger partial charge in [0.05, 0.1) is 6.21 Å². The number of hydrogen-bond acceptors (Lipinski definition) is 4. The SMILES string of the molecule is CCCCCC[C@]1(/C=N/NC(N)=O)NC(=O)N(C)C1=O. The van der Waals surface area contributed by atoms with E-state index in [4.69, 9.17) is 5.73 Å². The summed E-state index contributed by atoms with van der Waals surface area (Å²) >= 11 is 0. The van der Waals surface area contributed by atoms with Crippen LogP contribution in [0.2, 0.25) is 0 Å². The van der Waals surface area contributed by atoms with Crippen LogP contribution in [0.3, 0.4) is 0 Å². The van der Waals surface area contributed by atoms with Gasteiger partial charge in [0.15, 0.2) is 5.54 Å². The first kappa shape index (κ1) is 15.9. The maximum Gasteiger partial charge on any atom is 0.332 e. The number of carbonyl (C=O) groups is 3. The van der Waals surface area contributed by atoms with Gasteiger partial charge in [0.2, 0.25) is 0 Å². The zero-order chi connectivity index (χ0) is 15.2. The minimum atomic E-state index is -1.19. The zero-order valence-electron chi connectivity index (χ0n) is 11.8. The highest BCUT2D eigenvalue weighted by Crippen LogP contribution is 2.22. The van der Waals surface area contributed by atoms with Crippen LogP contribution < -0.4 is 16.5 Å². The Hall–Kier alpha value is -2.12. The number of imide groups is 1. The maximum absolute atomic E-state index is 12.2. The molecule has 0 saturated carbocycles. The number of nitrogens with two attached hydrogens (primary N) is 1. The van der Waals surface area contributed by atoms with Crippen LogP contribution in [0.25, 0.3) is 0 Å². The number of hydrogen-bond donors (Lipinski definition) is 3. The Morgan fingerprint density at radius 1 is 1.45 bits per heavy atom. The standard InChI is InChI=1S/C12H21N5O3/c1-3-4-5-6-7-12(8-14-16-10(13)19)9(18)17(2)11(20)15-12/h8H,3-7H2,1-2H3,(H,15,20)(H3,13,16,19)/b14-8+/t12-/m1/s1. The lowest BCUT2D eigenvalue weighted by Crippen LogP contribution is -2.49. The number of rotatable bonds is 7. The highest BCUT2D eigenvalue weighted by atomic mass is 16.2. The molecule has 1 saturated heterocycles. The topological polar surface area (TPSA) is 117 Å². The summed E-state index contributed by atoms with van der Waals surface area (Å²) in [5.74, 6) is -0.381. The van der Waals surface area contributed by atoms with E-state index in [1.807, 2.05) is 5.43 Å². The number of nitrogens with zero attached hydrogens (tertiary/aromatic N) is 2. The predicted molar refractivity (Wildman–Crippen MR) is 74.0 cm³/mol. The molecule has 1 fully saturated rings. The molecule has 1 heterocycles. The monoisotopic (exact) mass is 283 g/mol. The quantitative estimate of drug-likeness (QED) is 0.274. The minimum Gasteiger partial charge on any atom is -0.350 e. The van der Waals surface area contributed by atoms with Gasteiger partial charge in [0.1, 0.15) is 0 Å². The third-order valence-electron chi connectivity index (χ3n) is 3.21. The highest BCUT2D eigenvalue weighted by molar-refractivity contribution is 6.16. The van der Waals surface area contributed by atoms with Crippen molar-refractivity contribution in [1.29, 1.82) is 0 Å². The molecule has 112 valence electrons. The summed E-state index contributed by atoms with van der Waals surface area (Å²) in [7, 11) is 1.40. The van der Waals surface area contributed by atoms with Crippen LogP contribution in [0, 0.1) is 0 Å². The number of likely N-dealkylation sites (N-methyl/N-ethyl adjacent to an activating group) is 1. The number of amides is 5. The lowest BCUT2D eigenvalue weighted by atomic mass is 9.93. The minimum absolute atomic E-state index is 0.381. The van der Waals surface area contributed by atoms with Crippen molar-refractivity contribution in [1.82, 2.24) is 15.6 Å². The zero-order valence-corrected chi connectivity index (χ0v) is 11.8. The van der Waals surface area contributed by atoms with Crippen LogP contribution in [0.15, 0.2) is 5.10 Å². The molecule has 5 amide bonds. The Bertz CT molecular complexity index is 423. The summed E-state index contributed by atoms with van der Waals surface area (Å²) in [5.41, 5.74) is 5.75. The summed E-state index contributed by atoms with van der Waals surface area (Å²) in [6.07, 6.45) is 5.55. The third kappa shape index (κ3) is 3.69. The van der Waals surface area contributed by atoms with E-state index in [1.54, 1.807) is 0 Å². The van der Waals surface area contributed by atoms with Crippen molar-refractivity contribution < 1.29 is 14.4 Å². The summed E-state index contributed by atoms with van der Waals surface area (Å²) < 4.78 is 0. The van der Waals surface area contributed by atoms with E-state index in [1.165, 1.54) is 13.3 Å². The van der Waals surface area contributed by atoms with E-state index in [0.29, 0.717) is 6.42 Å². The molecule has 0 aromatic rings. The molecule has 0 unspecified atom stereocenters. The van der Waals surface area contributed by atoms with Gasteiger partial charge in [-0.2, -0.15) is 5.10 Å². The van der Waals surface area contributed by atoms with Crippen molar-refractivity contribution in [3.05, 3.63) is 0 Å². The second kappa shape index (κ2) is 6.88. The molecule has 1 aliphatic rings. The molecule has 4 N–H and O–H groups in total. The van der Waals surface area contributed by atoms with E-state index >= 15 is 0 Å². The number of nitrogens with one attached hydrogen (secondary N) is 2. The van der Waals surface area contributed by atoms with Gasteiger partial charge in [-0.3, -0.25) is 9.69 Å². The van der Waals surface area contributed by atoms with E-state index in [9.17, 15) is 14.4 Å². The normalized spacial score (nSPS) is 22.4. The molecule has 1 aliphatic heterocycles. The molecule has 0 bridgehead atoms. The molecule has 0 spiro atoms. The van der Waals surface area contributed by atoms with Crippen LogP contribution >= 0.6 is 0 Å². The van der Waals surface area contributed by atoms with Crippen LogP contribution in [-0.2, 0) is 4.79 Å². The highest BCUT2D eigenvalue weighted by Gasteiger charge is 2.48. The smallest absolute Gasteiger partial charge is 0.332 e. The van der Waals surface area contributed by atoms with Crippen molar-refractivity contribution in [2.75, 3.05) is 7.05 Å². The van der Waals surface area contributed by atoms with Crippen molar-refractivity contribution in [2.45, 2.75) is 44.6 Å². The van der Waals surface area contributed by atoms with Crippen LogP contribution in [0.1, 0.15) is 39.0 Å². The Labute approximate surface area is 117 Å². The molecule has 20 heavy (non-hydrogen) atoms.